The van der Waals surface area contributed by atoms with Gasteiger partial charge in [-0.15, -0.1) is 0 Å². The highest BCUT2D eigenvalue weighted by molar-refractivity contribution is 5.94. The molecular weight excluding hydrogens is 372 g/mol. The number of carbonyl (C=O) groups is 1. The smallest absolute Gasteiger partial charge is 0.253 e. The molecule has 1 aliphatic heterocycles. The van der Waals surface area contributed by atoms with Crippen LogP contribution in [0.4, 0.5) is 0 Å². The van der Waals surface area contributed by atoms with Crippen LogP contribution in [0.15, 0.2) is 59.6 Å². The van der Waals surface area contributed by atoms with Gasteiger partial charge in [-0.05, 0) is 55.9 Å². The summed E-state index contributed by atoms with van der Waals surface area (Å²) in [5.41, 5.74) is 3.30. The van der Waals surface area contributed by atoms with E-state index in [9.17, 15) is 4.79 Å². The second-order valence-electron chi connectivity index (χ2n) is 7.87. The molecule has 30 heavy (non-hydrogen) atoms. The quantitative estimate of drug-likeness (QED) is 0.562. The standard InChI is InChI=1S/C25H34N4O/c1-4-28(5-2)24(30)23-13-11-21(12-14-23)18-27-25(26-3)29-16-15-22(19-29)17-20-9-7-6-8-10-20/h6-14,22H,4-5,15-19H2,1-3H3,(H,26,27). The molecular formula is C25H34N4O. The summed E-state index contributed by atoms with van der Waals surface area (Å²) < 4.78 is 0. The molecule has 0 bridgehead atoms. The number of amides is 1. The Morgan fingerprint density at radius 1 is 1.07 bits per heavy atom. The number of hydrogen-bond donors (Lipinski definition) is 1. The number of hydrogen-bond acceptors (Lipinski definition) is 2. The first-order chi connectivity index (χ1) is 14.6. The van der Waals surface area contributed by atoms with Crippen LogP contribution in [0.2, 0.25) is 0 Å². The molecule has 2 aromatic carbocycles. The third-order valence-corrected chi connectivity index (χ3v) is 5.87. The highest BCUT2D eigenvalue weighted by atomic mass is 16.2. The summed E-state index contributed by atoms with van der Waals surface area (Å²) in [5.74, 6) is 1.71. The van der Waals surface area contributed by atoms with Gasteiger partial charge in [0, 0.05) is 45.3 Å². The van der Waals surface area contributed by atoms with Crippen molar-refractivity contribution >= 4 is 11.9 Å². The zero-order chi connectivity index (χ0) is 21.3. The maximum absolute atomic E-state index is 12.5. The molecule has 0 aromatic heterocycles. The minimum absolute atomic E-state index is 0.0943. The average Bonchev–Trinajstić information content (AvgIpc) is 3.24. The molecule has 1 saturated heterocycles. The number of nitrogens with one attached hydrogen (secondary N) is 1. The molecule has 5 nitrogen and oxygen atoms in total. The van der Waals surface area contributed by atoms with Crippen molar-refractivity contribution in [3.8, 4) is 0 Å². The Hall–Kier alpha value is -2.82. The molecule has 160 valence electrons. The van der Waals surface area contributed by atoms with E-state index in [1.54, 1.807) is 0 Å². The van der Waals surface area contributed by atoms with Crippen LogP contribution in [0, 0.1) is 5.92 Å². The van der Waals surface area contributed by atoms with Crippen LogP contribution in [0.1, 0.15) is 41.8 Å². The number of aliphatic imine (C=N–C) groups is 1. The molecule has 0 aliphatic carbocycles. The minimum Gasteiger partial charge on any atom is -0.352 e. The molecule has 1 heterocycles. The van der Waals surface area contributed by atoms with Gasteiger partial charge in [0.2, 0.25) is 0 Å². The van der Waals surface area contributed by atoms with Gasteiger partial charge in [-0.1, -0.05) is 42.5 Å². The van der Waals surface area contributed by atoms with Crippen LogP contribution in [-0.2, 0) is 13.0 Å². The topological polar surface area (TPSA) is 47.9 Å². The fraction of sp³-hybridized carbons (Fsp3) is 0.440. The minimum atomic E-state index is 0.0943. The van der Waals surface area contributed by atoms with Crippen molar-refractivity contribution in [2.75, 3.05) is 33.2 Å². The summed E-state index contributed by atoms with van der Waals surface area (Å²) in [6.45, 7) is 8.25. The Labute approximate surface area is 180 Å². The molecule has 1 amide bonds. The highest BCUT2D eigenvalue weighted by Crippen LogP contribution is 2.21. The first-order valence-electron chi connectivity index (χ1n) is 11.0. The largest absolute Gasteiger partial charge is 0.352 e. The summed E-state index contributed by atoms with van der Waals surface area (Å²) in [4.78, 5) is 21.1. The number of guanidine groups is 1. The van der Waals surface area contributed by atoms with E-state index in [4.69, 9.17) is 0 Å². The fourth-order valence-electron chi connectivity index (χ4n) is 4.11. The molecule has 1 aliphatic rings. The fourth-order valence-corrected chi connectivity index (χ4v) is 4.11. The number of rotatable bonds is 7. The van der Waals surface area contributed by atoms with Crippen LogP contribution in [0.3, 0.4) is 0 Å². The van der Waals surface area contributed by atoms with Gasteiger partial charge in [0.25, 0.3) is 5.91 Å². The summed E-state index contributed by atoms with van der Waals surface area (Å²) in [6.07, 6.45) is 2.31. The number of benzene rings is 2. The summed E-state index contributed by atoms with van der Waals surface area (Å²) in [5, 5.41) is 3.49. The SMILES string of the molecule is CCN(CC)C(=O)c1ccc(CNC(=NC)N2CCC(Cc3ccccc3)C2)cc1. The van der Waals surface area contributed by atoms with Crippen molar-refractivity contribution in [3.63, 3.8) is 0 Å². The van der Waals surface area contributed by atoms with Crippen LogP contribution in [0.5, 0.6) is 0 Å². The van der Waals surface area contributed by atoms with Crippen LogP contribution in [-0.4, -0.2) is 54.9 Å². The predicted octanol–water partition coefficient (Wildman–Crippen LogP) is 3.81. The molecule has 1 unspecified atom stereocenters. The van der Waals surface area contributed by atoms with Crippen molar-refractivity contribution in [3.05, 3.63) is 71.3 Å². The van der Waals surface area contributed by atoms with E-state index in [-0.39, 0.29) is 5.91 Å². The Morgan fingerprint density at radius 2 is 1.77 bits per heavy atom. The maximum Gasteiger partial charge on any atom is 0.253 e. The van der Waals surface area contributed by atoms with Crippen LogP contribution in [0.25, 0.3) is 0 Å². The summed E-state index contributed by atoms with van der Waals surface area (Å²) >= 11 is 0. The molecule has 1 N–H and O–H groups in total. The lowest BCUT2D eigenvalue weighted by atomic mass is 9.99. The van der Waals surface area contributed by atoms with Gasteiger partial charge in [-0.2, -0.15) is 0 Å². The van der Waals surface area contributed by atoms with Gasteiger partial charge >= 0.3 is 0 Å². The Bertz CT molecular complexity index is 828. The summed E-state index contributed by atoms with van der Waals surface area (Å²) in [7, 11) is 1.85. The second kappa shape index (κ2) is 10.8. The lowest BCUT2D eigenvalue weighted by molar-refractivity contribution is 0.0773. The number of likely N-dealkylation sites (tertiary alicyclic amines) is 1. The Balaban J connectivity index is 1.51. The molecule has 0 radical (unpaired) electrons. The normalized spacial score (nSPS) is 16.6. The molecule has 0 spiro atoms. The molecule has 5 heteroatoms. The third-order valence-electron chi connectivity index (χ3n) is 5.87. The molecule has 0 saturated carbocycles. The van der Waals surface area contributed by atoms with E-state index < -0.39 is 0 Å². The van der Waals surface area contributed by atoms with Crippen molar-refractivity contribution in [2.45, 2.75) is 33.2 Å². The first-order valence-corrected chi connectivity index (χ1v) is 11.0. The number of carbonyl (C=O) groups excluding carboxylic acids is 1. The van der Waals surface area contributed by atoms with E-state index in [0.717, 1.165) is 49.7 Å². The van der Waals surface area contributed by atoms with Crippen molar-refractivity contribution < 1.29 is 4.79 Å². The van der Waals surface area contributed by atoms with Gasteiger partial charge in [0.1, 0.15) is 0 Å². The highest BCUT2D eigenvalue weighted by Gasteiger charge is 2.24. The third kappa shape index (κ3) is 5.62. The van der Waals surface area contributed by atoms with Gasteiger partial charge in [0.05, 0.1) is 0 Å². The summed E-state index contributed by atoms with van der Waals surface area (Å²) in [6, 6.07) is 18.6. The second-order valence-corrected chi connectivity index (χ2v) is 7.87. The zero-order valence-corrected chi connectivity index (χ0v) is 18.5. The van der Waals surface area contributed by atoms with Gasteiger partial charge in [-0.25, -0.2) is 0 Å². The van der Waals surface area contributed by atoms with Crippen LogP contribution < -0.4 is 5.32 Å². The lowest BCUT2D eigenvalue weighted by Gasteiger charge is -2.22. The van der Waals surface area contributed by atoms with Gasteiger partial charge in [-0.3, -0.25) is 9.79 Å². The molecule has 2 aromatic rings. The first kappa shape index (κ1) is 21.9. The van der Waals surface area contributed by atoms with E-state index >= 15 is 0 Å². The van der Waals surface area contributed by atoms with E-state index in [1.165, 1.54) is 12.0 Å². The molecule has 3 rings (SSSR count). The average molecular weight is 407 g/mol. The monoisotopic (exact) mass is 406 g/mol. The van der Waals surface area contributed by atoms with Crippen LogP contribution >= 0.6 is 0 Å². The predicted molar refractivity (Wildman–Crippen MR) is 124 cm³/mol. The lowest BCUT2D eigenvalue weighted by Crippen LogP contribution is -2.39. The molecule has 1 atom stereocenters. The van der Waals surface area contributed by atoms with Crippen molar-refractivity contribution in [1.82, 2.24) is 15.1 Å². The number of nitrogens with zero attached hydrogens (tertiary/aromatic N) is 3. The van der Waals surface area contributed by atoms with E-state index in [1.807, 2.05) is 50.1 Å². The Morgan fingerprint density at radius 3 is 2.40 bits per heavy atom. The van der Waals surface area contributed by atoms with E-state index in [2.05, 4.69) is 45.5 Å². The maximum atomic E-state index is 12.5. The Kier molecular flexibility index (Phi) is 7.89. The van der Waals surface area contributed by atoms with E-state index in [0.29, 0.717) is 12.5 Å². The molecule has 1 fully saturated rings. The zero-order valence-electron chi connectivity index (χ0n) is 18.5. The van der Waals surface area contributed by atoms with Crippen molar-refractivity contribution in [1.29, 1.82) is 0 Å². The van der Waals surface area contributed by atoms with Crippen molar-refractivity contribution in [2.24, 2.45) is 10.9 Å². The van der Waals surface area contributed by atoms with Gasteiger partial charge in [0.15, 0.2) is 5.96 Å². The van der Waals surface area contributed by atoms with Gasteiger partial charge < -0.3 is 15.1 Å².